The van der Waals surface area contributed by atoms with Crippen LogP contribution in [0, 0.1) is 0 Å². The number of aliphatic hydroxyl groups is 1. The first kappa shape index (κ1) is 17.0. The molecule has 0 spiro atoms. The van der Waals surface area contributed by atoms with Crippen LogP contribution in [-0.2, 0) is 7.05 Å². The van der Waals surface area contributed by atoms with E-state index in [-0.39, 0.29) is 12.5 Å². The lowest BCUT2D eigenvalue weighted by Gasteiger charge is -2.20. The van der Waals surface area contributed by atoms with Gasteiger partial charge >= 0.3 is 0 Å². The van der Waals surface area contributed by atoms with Crippen molar-refractivity contribution >= 4 is 22.9 Å². The summed E-state index contributed by atoms with van der Waals surface area (Å²) in [6.45, 7) is 0.699. The van der Waals surface area contributed by atoms with E-state index in [1.165, 1.54) is 0 Å². The van der Waals surface area contributed by atoms with E-state index in [9.17, 15) is 9.90 Å². The van der Waals surface area contributed by atoms with E-state index in [0.717, 1.165) is 16.5 Å². The molecule has 0 atom stereocenters. The fourth-order valence-corrected chi connectivity index (χ4v) is 2.93. The summed E-state index contributed by atoms with van der Waals surface area (Å²) >= 11 is 0. The predicted molar refractivity (Wildman–Crippen MR) is 101 cm³/mol. The number of aliphatic hydroxyl groups excluding tert-OH is 1. The highest BCUT2D eigenvalue weighted by molar-refractivity contribution is 5.98. The minimum Gasteiger partial charge on any atom is -0.395 e. The van der Waals surface area contributed by atoms with E-state index in [1.54, 1.807) is 4.90 Å². The second kappa shape index (κ2) is 7.81. The van der Waals surface area contributed by atoms with Gasteiger partial charge < -0.3 is 14.6 Å². The maximum absolute atomic E-state index is 12.9. The molecule has 0 saturated carbocycles. The van der Waals surface area contributed by atoms with Gasteiger partial charge in [-0.2, -0.15) is 0 Å². The largest absolute Gasteiger partial charge is 0.395 e. The van der Waals surface area contributed by atoms with Crippen molar-refractivity contribution in [1.29, 1.82) is 0 Å². The number of aryl methyl sites for hydroxylation is 1. The second-order valence-corrected chi connectivity index (χ2v) is 5.94. The van der Waals surface area contributed by atoms with Crippen molar-refractivity contribution in [2.45, 2.75) is 0 Å². The Hall–Kier alpha value is -2.85. The molecule has 0 aliphatic heterocycles. The molecule has 1 N–H and O–H groups in total. The second-order valence-electron chi connectivity index (χ2n) is 5.94. The normalized spacial score (nSPS) is 11.3. The first-order chi connectivity index (χ1) is 12.2. The van der Waals surface area contributed by atoms with Crippen LogP contribution in [0.3, 0.4) is 0 Å². The van der Waals surface area contributed by atoms with Crippen molar-refractivity contribution in [2.24, 2.45) is 7.05 Å². The van der Waals surface area contributed by atoms with Gasteiger partial charge in [0.15, 0.2) is 0 Å². The Morgan fingerprint density at radius 3 is 2.56 bits per heavy atom. The Balaban J connectivity index is 1.80. The molecule has 4 heteroatoms. The van der Waals surface area contributed by atoms with Crippen LogP contribution in [0.4, 0.5) is 0 Å². The number of hydrogen-bond acceptors (Lipinski definition) is 2. The van der Waals surface area contributed by atoms with Crippen LogP contribution < -0.4 is 0 Å². The van der Waals surface area contributed by atoms with Crippen molar-refractivity contribution in [3.63, 3.8) is 0 Å². The van der Waals surface area contributed by atoms with Crippen LogP contribution in [0.1, 0.15) is 16.1 Å². The van der Waals surface area contributed by atoms with Gasteiger partial charge in [-0.25, -0.2) is 0 Å². The molecule has 0 unspecified atom stereocenters. The lowest BCUT2D eigenvalue weighted by molar-refractivity contribution is 0.0734. The summed E-state index contributed by atoms with van der Waals surface area (Å²) < 4.78 is 1.91. The van der Waals surface area contributed by atoms with Crippen LogP contribution in [0.25, 0.3) is 17.0 Å². The van der Waals surface area contributed by atoms with Gasteiger partial charge in [0.25, 0.3) is 5.91 Å². The SMILES string of the molecule is Cn1c(C(=O)N(C/C=C/c2ccccc2)CCO)cc2ccccc21. The van der Waals surface area contributed by atoms with E-state index in [4.69, 9.17) is 0 Å². The molecule has 0 aliphatic rings. The molecule has 25 heavy (non-hydrogen) atoms. The smallest absolute Gasteiger partial charge is 0.270 e. The summed E-state index contributed by atoms with van der Waals surface area (Å²) in [6, 6.07) is 19.8. The Morgan fingerprint density at radius 2 is 1.84 bits per heavy atom. The first-order valence-electron chi connectivity index (χ1n) is 8.37. The van der Waals surface area contributed by atoms with Gasteiger partial charge in [-0.3, -0.25) is 4.79 Å². The fraction of sp³-hybridized carbons (Fsp3) is 0.190. The minimum atomic E-state index is -0.0783. The van der Waals surface area contributed by atoms with Crippen LogP contribution in [0.2, 0.25) is 0 Å². The van der Waals surface area contributed by atoms with E-state index >= 15 is 0 Å². The number of para-hydroxylation sites is 1. The fourth-order valence-electron chi connectivity index (χ4n) is 2.93. The molecule has 0 radical (unpaired) electrons. The summed E-state index contributed by atoms with van der Waals surface area (Å²) in [5.41, 5.74) is 2.74. The number of carbonyl (C=O) groups is 1. The summed E-state index contributed by atoms with van der Waals surface area (Å²) in [7, 11) is 1.90. The molecule has 1 aromatic heterocycles. The highest BCUT2D eigenvalue weighted by Gasteiger charge is 2.18. The average Bonchev–Trinajstić information content (AvgIpc) is 2.98. The highest BCUT2D eigenvalue weighted by atomic mass is 16.3. The third kappa shape index (κ3) is 3.80. The van der Waals surface area contributed by atoms with Gasteiger partial charge in [0.2, 0.25) is 0 Å². The number of hydrogen-bond donors (Lipinski definition) is 1. The summed E-state index contributed by atoms with van der Waals surface area (Å²) in [6.07, 6.45) is 3.94. The Bertz CT molecular complexity index is 881. The molecule has 1 amide bonds. The summed E-state index contributed by atoms with van der Waals surface area (Å²) in [4.78, 5) is 14.6. The van der Waals surface area contributed by atoms with E-state index < -0.39 is 0 Å². The number of fused-ring (bicyclic) bond motifs is 1. The Labute approximate surface area is 147 Å². The molecular formula is C21H22N2O2. The maximum Gasteiger partial charge on any atom is 0.270 e. The molecule has 1 heterocycles. The number of nitrogens with zero attached hydrogens (tertiary/aromatic N) is 2. The quantitative estimate of drug-likeness (QED) is 0.751. The van der Waals surface area contributed by atoms with E-state index in [0.29, 0.717) is 18.8 Å². The van der Waals surface area contributed by atoms with Crippen molar-refractivity contribution in [1.82, 2.24) is 9.47 Å². The third-order valence-electron chi connectivity index (χ3n) is 4.26. The van der Waals surface area contributed by atoms with Gasteiger partial charge in [0.1, 0.15) is 5.69 Å². The molecule has 0 bridgehead atoms. The van der Waals surface area contributed by atoms with Gasteiger partial charge in [-0.15, -0.1) is 0 Å². The van der Waals surface area contributed by atoms with Crippen molar-refractivity contribution < 1.29 is 9.90 Å². The van der Waals surface area contributed by atoms with Crippen LogP contribution in [-0.4, -0.2) is 40.2 Å². The van der Waals surface area contributed by atoms with Gasteiger partial charge in [0.05, 0.1) is 6.61 Å². The molecule has 0 aliphatic carbocycles. The molecule has 0 saturated heterocycles. The molecule has 4 nitrogen and oxygen atoms in total. The monoisotopic (exact) mass is 334 g/mol. The lowest BCUT2D eigenvalue weighted by Crippen LogP contribution is -2.34. The van der Waals surface area contributed by atoms with E-state index in [1.807, 2.05) is 84.4 Å². The molecule has 3 rings (SSSR count). The number of aromatic nitrogens is 1. The Morgan fingerprint density at radius 1 is 1.12 bits per heavy atom. The number of carbonyl (C=O) groups excluding carboxylic acids is 1. The van der Waals surface area contributed by atoms with Gasteiger partial charge in [-0.1, -0.05) is 60.7 Å². The molecule has 0 fully saturated rings. The van der Waals surface area contributed by atoms with Crippen molar-refractivity contribution in [2.75, 3.05) is 19.7 Å². The number of benzene rings is 2. The molecule has 2 aromatic carbocycles. The predicted octanol–water partition coefficient (Wildman–Crippen LogP) is 3.33. The third-order valence-corrected chi connectivity index (χ3v) is 4.26. The van der Waals surface area contributed by atoms with Crippen molar-refractivity contribution in [3.05, 3.63) is 78.0 Å². The minimum absolute atomic E-state index is 0.0607. The lowest BCUT2D eigenvalue weighted by atomic mass is 10.2. The van der Waals surface area contributed by atoms with Gasteiger partial charge in [-0.05, 0) is 17.7 Å². The average molecular weight is 334 g/mol. The van der Waals surface area contributed by atoms with Crippen LogP contribution in [0.15, 0.2) is 66.7 Å². The molecule has 128 valence electrons. The maximum atomic E-state index is 12.9. The summed E-state index contributed by atoms with van der Waals surface area (Å²) in [5, 5.41) is 10.4. The Kier molecular flexibility index (Phi) is 5.31. The highest BCUT2D eigenvalue weighted by Crippen LogP contribution is 2.19. The molecule has 3 aromatic rings. The first-order valence-corrected chi connectivity index (χ1v) is 8.37. The van der Waals surface area contributed by atoms with Crippen molar-refractivity contribution in [3.8, 4) is 0 Å². The number of amides is 1. The zero-order chi connectivity index (χ0) is 17.6. The van der Waals surface area contributed by atoms with Crippen LogP contribution in [0.5, 0.6) is 0 Å². The number of rotatable bonds is 6. The topological polar surface area (TPSA) is 45.5 Å². The molecular weight excluding hydrogens is 312 g/mol. The zero-order valence-corrected chi connectivity index (χ0v) is 14.3. The standard InChI is InChI=1S/C21H22N2O2/c1-22-19-12-6-5-11-18(19)16-20(22)21(25)23(14-15-24)13-7-10-17-8-3-2-4-9-17/h2-12,16,24H,13-15H2,1H3/b10-7+. The van der Waals surface area contributed by atoms with Crippen LogP contribution >= 0.6 is 0 Å². The summed E-state index contributed by atoms with van der Waals surface area (Å²) in [5.74, 6) is -0.0783. The van der Waals surface area contributed by atoms with E-state index in [2.05, 4.69) is 0 Å². The van der Waals surface area contributed by atoms with Gasteiger partial charge in [0, 0.05) is 31.0 Å². The zero-order valence-electron chi connectivity index (χ0n) is 14.3.